The summed E-state index contributed by atoms with van der Waals surface area (Å²) in [7, 11) is 0. The maximum absolute atomic E-state index is 12.3. The van der Waals surface area contributed by atoms with E-state index in [1.54, 1.807) is 0 Å². The molecular formula is C14H21NO2. The van der Waals surface area contributed by atoms with Crippen molar-refractivity contribution in [3.05, 3.63) is 0 Å². The van der Waals surface area contributed by atoms with Gasteiger partial charge < -0.3 is 5.73 Å². The van der Waals surface area contributed by atoms with Crippen LogP contribution in [0.2, 0.25) is 0 Å². The minimum Gasteiger partial charge on any atom is -0.330 e. The standard InChI is InChI=1S/C14H21NO2/c15-4-3-10-13(16)11-6-8-1-2-9(5-8)7-12(11)14(10)17/h8-12H,1-7,15H2. The van der Waals surface area contributed by atoms with E-state index in [0.717, 1.165) is 12.8 Å². The predicted molar refractivity (Wildman–Crippen MR) is 64.2 cm³/mol. The van der Waals surface area contributed by atoms with E-state index in [1.807, 2.05) is 0 Å². The molecular weight excluding hydrogens is 214 g/mol. The number of carbonyl (C=O) groups is 2. The van der Waals surface area contributed by atoms with Gasteiger partial charge in [-0.1, -0.05) is 12.8 Å². The number of nitrogens with two attached hydrogens (primary N) is 1. The van der Waals surface area contributed by atoms with Crippen LogP contribution < -0.4 is 5.73 Å². The predicted octanol–water partition coefficient (Wildman–Crippen LogP) is 1.55. The summed E-state index contributed by atoms with van der Waals surface area (Å²) in [6.07, 6.45) is 6.34. The highest BCUT2D eigenvalue weighted by molar-refractivity contribution is 6.11. The SMILES string of the molecule is NCCC1C(=O)C2CC3CCC(C3)CC2C1=O. The molecule has 0 saturated heterocycles. The number of carbonyl (C=O) groups excluding carboxylic acids is 2. The molecule has 0 aromatic heterocycles. The molecule has 0 amide bonds. The van der Waals surface area contributed by atoms with Gasteiger partial charge in [-0.25, -0.2) is 0 Å². The first kappa shape index (κ1) is 11.4. The van der Waals surface area contributed by atoms with E-state index in [4.69, 9.17) is 5.73 Å². The van der Waals surface area contributed by atoms with Crippen LogP contribution in [-0.2, 0) is 9.59 Å². The molecule has 0 spiro atoms. The van der Waals surface area contributed by atoms with Gasteiger partial charge in [0.15, 0.2) is 0 Å². The lowest BCUT2D eigenvalue weighted by molar-refractivity contribution is -0.128. The first-order valence-corrected chi connectivity index (χ1v) is 6.98. The van der Waals surface area contributed by atoms with Gasteiger partial charge in [0.25, 0.3) is 0 Å². The molecule has 4 unspecified atom stereocenters. The summed E-state index contributed by atoms with van der Waals surface area (Å²) >= 11 is 0. The van der Waals surface area contributed by atoms with Crippen LogP contribution in [0.4, 0.5) is 0 Å². The van der Waals surface area contributed by atoms with Crippen LogP contribution in [0.15, 0.2) is 0 Å². The normalized spacial score (nSPS) is 44.9. The Morgan fingerprint density at radius 2 is 1.47 bits per heavy atom. The Bertz CT molecular complexity index is 322. The Balaban J connectivity index is 1.84. The summed E-state index contributed by atoms with van der Waals surface area (Å²) in [6, 6.07) is 0. The quantitative estimate of drug-likeness (QED) is 0.739. The van der Waals surface area contributed by atoms with Crippen LogP contribution in [0, 0.1) is 29.6 Å². The zero-order valence-corrected chi connectivity index (χ0v) is 10.2. The Labute approximate surface area is 102 Å². The molecule has 3 heteroatoms. The van der Waals surface area contributed by atoms with E-state index in [1.165, 1.54) is 19.3 Å². The molecule has 2 bridgehead atoms. The smallest absolute Gasteiger partial charge is 0.147 e. The van der Waals surface area contributed by atoms with Gasteiger partial charge in [-0.2, -0.15) is 0 Å². The Hall–Kier alpha value is -0.700. The molecule has 4 atom stereocenters. The monoisotopic (exact) mass is 235 g/mol. The molecule has 94 valence electrons. The van der Waals surface area contributed by atoms with Crippen LogP contribution in [0.3, 0.4) is 0 Å². The average Bonchev–Trinajstić information content (AvgIpc) is 2.73. The number of fused-ring (bicyclic) bond motifs is 3. The van der Waals surface area contributed by atoms with Gasteiger partial charge in [-0.15, -0.1) is 0 Å². The van der Waals surface area contributed by atoms with Crippen LogP contribution in [0.25, 0.3) is 0 Å². The van der Waals surface area contributed by atoms with Crippen molar-refractivity contribution in [2.75, 3.05) is 6.54 Å². The maximum atomic E-state index is 12.3. The van der Waals surface area contributed by atoms with Crippen LogP contribution >= 0.6 is 0 Å². The van der Waals surface area contributed by atoms with E-state index in [9.17, 15) is 9.59 Å². The fraction of sp³-hybridized carbons (Fsp3) is 0.857. The van der Waals surface area contributed by atoms with Crippen LogP contribution in [0.1, 0.15) is 38.5 Å². The molecule has 3 aliphatic rings. The molecule has 0 aromatic carbocycles. The lowest BCUT2D eigenvalue weighted by Crippen LogP contribution is -2.21. The lowest BCUT2D eigenvalue weighted by atomic mass is 9.83. The molecule has 0 aliphatic heterocycles. The molecule has 17 heavy (non-hydrogen) atoms. The first-order valence-electron chi connectivity index (χ1n) is 6.98. The number of Topliss-reactive ketones (excluding diaryl/α,β-unsaturated/α-hetero) is 2. The summed E-state index contributed by atoms with van der Waals surface area (Å²) in [5, 5.41) is 0. The largest absolute Gasteiger partial charge is 0.330 e. The highest BCUT2D eigenvalue weighted by Crippen LogP contribution is 2.49. The number of hydrogen-bond donors (Lipinski definition) is 1. The molecule has 2 N–H and O–H groups in total. The topological polar surface area (TPSA) is 60.2 Å². The molecule has 3 saturated carbocycles. The van der Waals surface area contributed by atoms with E-state index >= 15 is 0 Å². The lowest BCUT2D eigenvalue weighted by Gasteiger charge is -2.19. The zero-order valence-electron chi connectivity index (χ0n) is 10.2. The van der Waals surface area contributed by atoms with E-state index < -0.39 is 0 Å². The van der Waals surface area contributed by atoms with Gasteiger partial charge in [-0.3, -0.25) is 9.59 Å². The summed E-state index contributed by atoms with van der Waals surface area (Å²) in [5.41, 5.74) is 5.52. The molecule has 0 radical (unpaired) electrons. The van der Waals surface area contributed by atoms with Gasteiger partial charge in [0, 0.05) is 11.8 Å². The van der Waals surface area contributed by atoms with Gasteiger partial charge in [0.2, 0.25) is 0 Å². The molecule has 3 aliphatic carbocycles. The summed E-state index contributed by atoms with van der Waals surface area (Å²) in [5.74, 6) is 1.61. The van der Waals surface area contributed by atoms with Crippen LogP contribution in [-0.4, -0.2) is 18.1 Å². The van der Waals surface area contributed by atoms with Crippen molar-refractivity contribution in [2.45, 2.75) is 38.5 Å². The molecule has 0 heterocycles. The Morgan fingerprint density at radius 3 is 1.94 bits per heavy atom. The third kappa shape index (κ3) is 1.75. The Morgan fingerprint density at radius 1 is 0.941 bits per heavy atom. The fourth-order valence-electron chi connectivity index (χ4n) is 4.39. The van der Waals surface area contributed by atoms with Gasteiger partial charge in [0.05, 0.1) is 5.92 Å². The molecule has 3 fully saturated rings. The van der Waals surface area contributed by atoms with E-state index in [2.05, 4.69) is 0 Å². The van der Waals surface area contributed by atoms with Crippen molar-refractivity contribution in [3.8, 4) is 0 Å². The van der Waals surface area contributed by atoms with Crippen molar-refractivity contribution >= 4 is 11.6 Å². The van der Waals surface area contributed by atoms with Crippen molar-refractivity contribution in [1.29, 1.82) is 0 Å². The van der Waals surface area contributed by atoms with Crippen LogP contribution in [0.5, 0.6) is 0 Å². The summed E-state index contributed by atoms with van der Waals surface area (Å²) < 4.78 is 0. The Kier molecular flexibility index (Phi) is 2.81. The molecule has 3 nitrogen and oxygen atoms in total. The maximum Gasteiger partial charge on any atom is 0.147 e. The molecule has 0 aromatic rings. The summed E-state index contributed by atoms with van der Waals surface area (Å²) in [6.45, 7) is 0.453. The second kappa shape index (κ2) is 4.20. The highest BCUT2D eigenvalue weighted by Gasteiger charge is 2.51. The minimum absolute atomic E-state index is 0.0503. The van der Waals surface area contributed by atoms with Crippen molar-refractivity contribution < 1.29 is 9.59 Å². The zero-order chi connectivity index (χ0) is 12.0. The second-order valence-corrected chi connectivity index (χ2v) is 6.16. The van der Waals surface area contributed by atoms with E-state index in [0.29, 0.717) is 24.8 Å². The second-order valence-electron chi connectivity index (χ2n) is 6.16. The van der Waals surface area contributed by atoms with E-state index in [-0.39, 0.29) is 29.3 Å². The van der Waals surface area contributed by atoms with Crippen molar-refractivity contribution in [1.82, 2.24) is 0 Å². The third-order valence-corrected chi connectivity index (χ3v) is 5.18. The van der Waals surface area contributed by atoms with Gasteiger partial charge in [0.1, 0.15) is 11.6 Å². The fourth-order valence-corrected chi connectivity index (χ4v) is 4.39. The minimum atomic E-state index is -0.354. The highest BCUT2D eigenvalue weighted by atomic mass is 16.2. The molecule has 3 rings (SSSR count). The number of rotatable bonds is 2. The van der Waals surface area contributed by atoms with Crippen molar-refractivity contribution in [2.24, 2.45) is 35.3 Å². The van der Waals surface area contributed by atoms with Gasteiger partial charge >= 0.3 is 0 Å². The number of ketones is 2. The number of hydrogen-bond acceptors (Lipinski definition) is 3. The summed E-state index contributed by atoms with van der Waals surface area (Å²) in [4.78, 5) is 24.6. The third-order valence-electron chi connectivity index (χ3n) is 5.18. The van der Waals surface area contributed by atoms with Crippen molar-refractivity contribution in [3.63, 3.8) is 0 Å². The van der Waals surface area contributed by atoms with Gasteiger partial charge in [-0.05, 0) is 44.1 Å². The average molecular weight is 235 g/mol. The first-order chi connectivity index (χ1) is 8.20.